The van der Waals surface area contributed by atoms with Gasteiger partial charge in [0, 0.05) is 40.2 Å². The molecule has 0 atom stereocenters. The third-order valence-electron chi connectivity index (χ3n) is 10.8. The van der Waals surface area contributed by atoms with E-state index < -0.39 is 0 Å². The first kappa shape index (κ1) is 32.5. The van der Waals surface area contributed by atoms with E-state index >= 15 is 0 Å². The highest BCUT2D eigenvalue weighted by molar-refractivity contribution is 6.00. The summed E-state index contributed by atoms with van der Waals surface area (Å²) in [5.74, 6) is 0. The maximum atomic E-state index is 2.47. The minimum Gasteiger partial charge on any atom is -0.311 e. The van der Waals surface area contributed by atoms with Gasteiger partial charge in [-0.3, -0.25) is 0 Å². The summed E-state index contributed by atoms with van der Waals surface area (Å²) >= 11 is 0. The normalized spacial score (nSPS) is 11.9. The Balaban J connectivity index is 1.03. The maximum Gasteiger partial charge on any atom is 0.0540 e. The lowest BCUT2D eigenvalue weighted by atomic mass is 9.89. The summed E-state index contributed by atoms with van der Waals surface area (Å²) in [6.45, 7) is 0. The highest BCUT2D eigenvalue weighted by Crippen LogP contribution is 2.48. The lowest BCUT2D eigenvalue weighted by Gasteiger charge is -2.35. The van der Waals surface area contributed by atoms with Crippen molar-refractivity contribution >= 4 is 44.9 Å². The molecule has 1 aliphatic heterocycles. The number of rotatable bonds is 7. The Bertz CT molecular complexity index is 2750. The van der Waals surface area contributed by atoms with Crippen molar-refractivity contribution in [2.45, 2.75) is 6.42 Å². The van der Waals surface area contributed by atoms with Crippen LogP contribution in [0.2, 0.25) is 0 Å². The van der Waals surface area contributed by atoms with Gasteiger partial charge in [-0.25, -0.2) is 0 Å². The second-order valence-electron chi connectivity index (χ2n) is 14.2. The third kappa shape index (κ3) is 6.14. The highest BCUT2D eigenvalue weighted by Gasteiger charge is 2.26. The molecule has 0 radical (unpaired) electrons. The van der Waals surface area contributed by atoms with Crippen LogP contribution in [0.5, 0.6) is 0 Å². The van der Waals surface area contributed by atoms with Gasteiger partial charge < -0.3 is 9.80 Å². The minimum atomic E-state index is 0.860. The van der Waals surface area contributed by atoms with Crippen LogP contribution < -0.4 is 9.80 Å². The van der Waals surface area contributed by atoms with Crippen LogP contribution in [0, 0.1) is 0 Å². The van der Waals surface area contributed by atoms with E-state index in [1.165, 1.54) is 72.3 Å². The fourth-order valence-electron chi connectivity index (χ4n) is 8.14. The molecule has 0 aromatic heterocycles. The van der Waals surface area contributed by atoms with Crippen molar-refractivity contribution in [3.05, 3.63) is 230 Å². The zero-order valence-corrected chi connectivity index (χ0v) is 30.4. The molecule has 0 bridgehead atoms. The van der Waals surface area contributed by atoms with E-state index in [1.807, 2.05) is 0 Å². The molecule has 10 rings (SSSR count). The van der Waals surface area contributed by atoms with Gasteiger partial charge in [-0.2, -0.15) is 0 Å². The van der Waals surface area contributed by atoms with Gasteiger partial charge in [-0.15, -0.1) is 0 Å². The minimum absolute atomic E-state index is 0.860. The predicted molar refractivity (Wildman–Crippen MR) is 232 cm³/mol. The summed E-state index contributed by atoms with van der Waals surface area (Å²) in [5, 5.41) is 2.48. The van der Waals surface area contributed by atoms with Gasteiger partial charge in [0.15, 0.2) is 0 Å². The van der Waals surface area contributed by atoms with Gasteiger partial charge in [0.1, 0.15) is 0 Å². The van der Waals surface area contributed by atoms with Crippen molar-refractivity contribution in [1.29, 1.82) is 0 Å². The zero-order chi connectivity index (χ0) is 36.6. The molecular formula is C53H38N2. The largest absolute Gasteiger partial charge is 0.311 e. The number of hydrogen-bond donors (Lipinski definition) is 0. The number of anilines is 6. The first-order chi connectivity index (χ1) is 27.3. The fraction of sp³-hybridized carbons (Fsp3) is 0.0189. The Morgan fingerprint density at radius 3 is 1.31 bits per heavy atom. The Morgan fingerprint density at radius 2 is 0.727 bits per heavy atom. The van der Waals surface area contributed by atoms with Crippen molar-refractivity contribution in [2.24, 2.45) is 0 Å². The molecule has 0 N–H and O–H groups in total. The molecule has 0 fully saturated rings. The standard InChI is InChI=1S/C53H38N2/c1-4-13-38(14-5-1)40-23-29-48(30-24-40)54(47-19-8-3-9-20-47)49-31-25-41(26-32-49)44-28-34-52-46(36-44)37-45-35-43(39-15-6-2-7-16-39)27-33-51(45)55(52)53-22-12-18-42-17-10-11-21-50(42)53/h1-36H,37H2. The molecule has 0 aliphatic carbocycles. The Hall–Kier alpha value is -7.16. The van der Waals surface area contributed by atoms with Crippen molar-refractivity contribution in [2.75, 3.05) is 9.80 Å². The van der Waals surface area contributed by atoms with Crippen LogP contribution in [-0.2, 0) is 6.42 Å². The molecule has 9 aromatic carbocycles. The lowest BCUT2D eigenvalue weighted by molar-refractivity contribution is 1.09. The quantitative estimate of drug-likeness (QED) is 0.163. The molecule has 0 unspecified atom stereocenters. The van der Waals surface area contributed by atoms with Crippen LogP contribution >= 0.6 is 0 Å². The number of fused-ring (bicyclic) bond motifs is 3. The van der Waals surface area contributed by atoms with Crippen LogP contribution in [0.25, 0.3) is 44.2 Å². The topological polar surface area (TPSA) is 6.48 Å². The highest BCUT2D eigenvalue weighted by atomic mass is 15.2. The molecule has 0 saturated carbocycles. The van der Waals surface area contributed by atoms with E-state index in [4.69, 9.17) is 0 Å². The van der Waals surface area contributed by atoms with Gasteiger partial charge in [0.05, 0.1) is 5.69 Å². The average molecular weight is 703 g/mol. The summed E-state index contributed by atoms with van der Waals surface area (Å²) in [4.78, 5) is 4.80. The Kier molecular flexibility index (Phi) is 8.27. The Labute approximate surface area is 322 Å². The molecule has 0 spiro atoms. The summed E-state index contributed by atoms with van der Waals surface area (Å²) in [6, 6.07) is 79.1. The van der Waals surface area contributed by atoms with Gasteiger partial charge in [0.25, 0.3) is 0 Å². The van der Waals surface area contributed by atoms with Gasteiger partial charge >= 0.3 is 0 Å². The molecule has 0 saturated heterocycles. The third-order valence-corrected chi connectivity index (χ3v) is 10.8. The first-order valence-corrected chi connectivity index (χ1v) is 19.0. The number of hydrogen-bond acceptors (Lipinski definition) is 2. The number of nitrogens with zero attached hydrogens (tertiary/aromatic N) is 2. The van der Waals surface area contributed by atoms with E-state index in [0.717, 1.165) is 23.5 Å². The average Bonchev–Trinajstić information content (AvgIpc) is 3.26. The number of para-hydroxylation sites is 1. The summed E-state index contributed by atoms with van der Waals surface area (Å²) in [5.41, 5.74) is 17.0. The zero-order valence-electron chi connectivity index (χ0n) is 30.4. The molecule has 0 amide bonds. The monoisotopic (exact) mass is 702 g/mol. The van der Waals surface area contributed by atoms with Crippen LogP contribution in [-0.4, -0.2) is 0 Å². The molecule has 9 aromatic rings. The van der Waals surface area contributed by atoms with E-state index in [-0.39, 0.29) is 0 Å². The molecular weight excluding hydrogens is 665 g/mol. The van der Waals surface area contributed by atoms with Crippen LogP contribution in [0.1, 0.15) is 11.1 Å². The maximum absolute atomic E-state index is 2.47. The van der Waals surface area contributed by atoms with Crippen molar-refractivity contribution in [1.82, 2.24) is 0 Å². The van der Waals surface area contributed by atoms with Crippen molar-refractivity contribution in [3.63, 3.8) is 0 Å². The summed E-state index contributed by atoms with van der Waals surface area (Å²) < 4.78 is 0. The molecule has 55 heavy (non-hydrogen) atoms. The second-order valence-corrected chi connectivity index (χ2v) is 14.2. The fourth-order valence-corrected chi connectivity index (χ4v) is 8.14. The second kappa shape index (κ2) is 14.0. The van der Waals surface area contributed by atoms with Crippen LogP contribution in [0.4, 0.5) is 34.1 Å². The van der Waals surface area contributed by atoms with E-state index in [2.05, 4.69) is 228 Å². The van der Waals surface area contributed by atoms with Crippen molar-refractivity contribution < 1.29 is 0 Å². The Morgan fingerprint density at radius 1 is 0.309 bits per heavy atom. The van der Waals surface area contributed by atoms with Crippen molar-refractivity contribution in [3.8, 4) is 33.4 Å². The van der Waals surface area contributed by atoms with E-state index in [0.29, 0.717) is 0 Å². The van der Waals surface area contributed by atoms with Crippen LogP contribution in [0.15, 0.2) is 218 Å². The van der Waals surface area contributed by atoms with E-state index in [9.17, 15) is 0 Å². The van der Waals surface area contributed by atoms with Gasteiger partial charge in [0.2, 0.25) is 0 Å². The molecule has 2 heteroatoms. The van der Waals surface area contributed by atoms with Gasteiger partial charge in [-0.05, 0) is 117 Å². The van der Waals surface area contributed by atoms with Crippen LogP contribution in [0.3, 0.4) is 0 Å². The molecule has 260 valence electrons. The smallest absolute Gasteiger partial charge is 0.0540 e. The van der Waals surface area contributed by atoms with Gasteiger partial charge in [-0.1, -0.05) is 152 Å². The summed E-state index contributed by atoms with van der Waals surface area (Å²) in [7, 11) is 0. The predicted octanol–water partition coefficient (Wildman–Crippen LogP) is 14.7. The molecule has 2 nitrogen and oxygen atoms in total. The first-order valence-electron chi connectivity index (χ1n) is 19.0. The summed E-state index contributed by atoms with van der Waals surface area (Å²) in [6.07, 6.45) is 0.860. The van der Waals surface area contributed by atoms with E-state index in [1.54, 1.807) is 0 Å². The SMILES string of the molecule is c1ccc(-c2ccc(N(c3ccccc3)c3ccc(-c4ccc5c(c4)Cc4cc(-c6ccccc6)ccc4N5c4cccc5ccccc45)cc3)cc2)cc1. The lowest BCUT2D eigenvalue weighted by Crippen LogP contribution is -2.19. The number of benzene rings is 9. The molecule has 1 heterocycles. The molecule has 1 aliphatic rings.